The number of amides is 4. The number of carbonyl (C=O) groups excluding carboxylic acids is 3. The average Bonchev–Trinajstić information content (AvgIpc) is 2.77. The first-order valence-corrected chi connectivity index (χ1v) is 10.4. The highest BCUT2D eigenvalue weighted by molar-refractivity contribution is 9.10. The third-order valence-corrected chi connectivity index (χ3v) is 5.55. The first-order chi connectivity index (χ1) is 15.0. The summed E-state index contributed by atoms with van der Waals surface area (Å²) in [4.78, 5) is 41.0. The number of rotatable bonds is 4. The standard InChI is InChI=1S/C22H20BrN3O5/c1-30-19-13-16(25-7-9-31-10-8-25)6-5-14(19)11-18-20(27)24-22(29)26(21(18)28)17-4-2-3-15(23)12-17/h2-6,11-13H,7-10H2,1H3,(H,24,27,29)/b18-11+. The van der Waals surface area contributed by atoms with E-state index >= 15 is 0 Å². The molecular weight excluding hydrogens is 466 g/mol. The number of benzene rings is 2. The first kappa shape index (κ1) is 21.1. The number of morpholine rings is 1. The van der Waals surface area contributed by atoms with Crippen molar-refractivity contribution in [3.63, 3.8) is 0 Å². The normalized spacial score (nSPS) is 18.4. The van der Waals surface area contributed by atoms with E-state index in [-0.39, 0.29) is 5.57 Å². The minimum Gasteiger partial charge on any atom is -0.496 e. The van der Waals surface area contributed by atoms with Crippen LogP contribution in [0.15, 0.2) is 52.5 Å². The minimum atomic E-state index is -0.792. The van der Waals surface area contributed by atoms with Crippen molar-refractivity contribution >= 4 is 51.2 Å². The number of ether oxygens (including phenoxy) is 2. The van der Waals surface area contributed by atoms with Crippen LogP contribution in [0.25, 0.3) is 6.08 Å². The molecule has 8 nitrogen and oxygen atoms in total. The average molecular weight is 486 g/mol. The third-order valence-electron chi connectivity index (χ3n) is 5.06. The maximum atomic E-state index is 13.1. The van der Waals surface area contributed by atoms with E-state index in [0.717, 1.165) is 23.7 Å². The van der Waals surface area contributed by atoms with Crippen molar-refractivity contribution in [2.24, 2.45) is 0 Å². The van der Waals surface area contributed by atoms with Crippen molar-refractivity contribution < 1.29 is 23.9 Å². The van der Waals surface area contributed by atoms with Crippen molar-refractivity contribution in [2.45, 2.75) is 0 Å². The Morgan fingerprint density at radius 3 is 2.55 bits per heavy atom. The Hall–Kier alpha value is -3.17. The Kier molecular flexibility index (Phi) is 6.06. The minimum absolute atomic E-state index is 0.156. The van der Waals surface area contributed by atoms with Gasteiger partial charge in [-0.15, -0.1) is 0 Å². The summed E-state index contributed by atoms with van der Waals surface area (Å²) in [7, 11) is 1.53. The van der Waals surface area contributed by atoms with Gasteiger partial charge in [-0.25, -0.2) is 9.69 Å². The molecule has 9 heteroatoms. The zero-order valence-corrected chi connectivity index (χ0v) is 18.3. The van der Waals surface area contributed by atoms with Crippen LogP contribution in [0.3, 0.4) is 0 Å². The molecule has 2 aliphatic heterocycles. The molecule has 0 aliphatic carbocycles. The van der Waals surface area contributed by atoms with E-state index in [1.807, 2.05) is 12.1 Å². The molecule has 2 saturated heterocycles. The molecule has 0 saturated carbocycles. The molecule has 0 aromatic heterocycles. The van der Waals surface area contributed by atoms with Gasteiger partial charge in [-0.05, 0) is 36.4 Å². The van der Waals surface area contributed by atoms with Gasteiger partial charge in [0.1, 0.15) is 11.3 Å². The summed E-state index contributed by atoms with van der Waals surface area (Å²) in [6.07, 6.45) is 1.44. The SMILES string of the molecule is COc1cc(N2CCOCC2)ccc1/C=C1\C(=O)NC(=O)N(c2cccc(Br)c2)C1=O. The monoisotopic (exact) mass is 485 g/mol. The van der Waals surface area contributed by atoms with Gasteiger partial charge < -0.3 is 14.4 Å². The highest BCUT2D eigenvalue weighted by Gasteiger charge is 2.37. The Morgan fingerprint density at radius 1 is 1.06 bits per heavy atom. The molecule has 2 fully saturated rings. The number of urea groups is 1. The van der Waals surface area contributed by atoms with Crippen molar-refractivity contribution in [3.8, 4) is 5.75 Å². The number of anilines is 2. The van der Waals surface area contributed by atoms with E-state index in [9.17, 15) is 14.4 Å². The molecule has 0 bridgehead atoms. The van der Waals surface area contributed by atoms with Crippen LogP contribution >= 0.6 is 15.9 Å². The maximum absolute atomic E-state index is 13.1. The topological polar surface area (TPSA) is 88.2 Å². The Morgan fingerprint density at radius 2 is 1.84 bits per heavy atom. The zero-order chi connectivity index (χ0) is 22.0. The van der Waals surface area contributed by atoms with E-state index in [1.165, 1.54) is 13.2 Å². The van der Waals surface area contributed by atoms with Crippen LogP contribution in [0.5, 0.6) is 5.75 Å². The van der Waals surface area contributed by atoms with Crippen LogP contribution in [0.1, 0.15) is 5.56 Å². The lowest BCUT2D eigenvalue weighted by Gasteiger charge is -2.29. The van der Waals surface area contributed by atoms with Gasteiger partial charge in [0.25, 0.3) is 11.8 Å². The van der Waals surface area contributed by atoms with Gasteiger partial charge in [0.2, 0.25) is 0 Å². The number of nitrogens with one attached hydrogen (secondary N) is 1. The highest BCUT2D eigenvalue weighted by atomic mass is 79.9. The van der Waals surface area contributed by atoms with Crippen LogP contribution in [-0.4, -0.2) is 51.3 Å². The molecule has 31 heavy (non-hydrogen) atoms. The van der Waals surface area contributed by atoms with Crippen molar-refractivity contribution in [1.82, 2.24) is 5.32 Å². The van der Waals surface area contributed by atoms with E-state index in [1.54, 1.807) is 30.3 Å². The Labute approximate surface area is 187 Å². The molecule has 2 aromatic rings. The molecule has 1 N–H and O–H groups in total. The number of nitrogens with zero attached hydrogens (tertiary/aromatic N) is 2. The molecule has 160 valence electrons. The molecule has 2 aromatic carbocycles. The van der Waals surface area contributed by atoms with E-state index in [0.29, 0.717) is 34.7 Å². The van der Waals surface area contributed by atoms with Crippen LogP contribution < -0.4 is 19.9 Å². The molecule has 2 aliphatic rings. The van der Waals surface area contributed by atoms with Gasteiger partial charge in [0.05, 0.1) is 26.0 Å². The van der Waals surface area contributed by atoms with Crippen LogP contribution in [0.2, 0.25) is 0 Å². The summed E-state index contributed by atoms with van der Waals surface area (Å²) in [5.41, 5.74) is 1.72. The van der Waals surface area contributed by atoms with Crippen LogP contribution in [0, 0.1) is 0 Å². The van der Waals surface area contributed by atoms with E-state index < -0.39 is 17.8 Å². The fourth-order valence-corrected chi connectivity index (χ4v) is 3.89. The number of halogens is 1. The number of barbiturate groups is 1. The summed E-state index contributed by atoms with van der Waals surface area (Å²) in [6, 6.07) is 11.5. The van der Waals surface area contributed by atoms with Gasteiger partial charge in [-0.1, -0.05) is 22.0 Å². The number of carbonyl (C=O) groups is 3. The highest BCUT2D eigenvalue weighted by Crippen LogP contribution is 2.30. The Bertz CT molecular complexity index is 1080. The fourth-order valence-electron chi connectivity index (χ4n) is 3.50. The van der Waals surface area contributed by atoms with Gasteiger partial charge in [0.15, 0.2) is 0 Å². The predicted molar refractivity (Wildman–Crippen MR) is 119 cm³/mol. The predicted octanol–water partition coefficient (Wildman–Crippen LogP) is 2.96. The summed E-state index contributed by atoms with van der Waals surface area (Å²) in [5.74, 6) is -0.935. The molecule has 4 rings (SSSR count). The molecule has 4 amide bonds. The third kappa shape index (κ3) is 4.33. The second-order valence-corrected chi connectivity index (χ2v) is 7.88. The first-order valence-electron chi connectivity index (χ1n) is 9.65. The van der Waals surface area contributed by atoms with Gasteiger partial charge in [-0.3, -0.25) is 14.9 Å². The smallest absolute Gasteiger partial charge is 0.335 e. The van der Waals surface area contributed by atoms with Crippen LogP contribution in [-0.2, 0) is 14.3 Å². The van der Waals surface area contributed by atoms with Crippen LogP contribution in [0.4, 0.5) is 16.2 Å². The maximum Gasteiger partial charge on any atom is 0.335 e. The summed E-state index contributed by atoms with van der Waals surface area (Å²) in [5, 5.41) is 2.23. The number of hydrogen-bond donors (Lipinski definition) is 1. The quantitative estimate of drug-likeness (QED) is 0.528. The lowest BCUT2D eigenvalue weighted by Crippen LogP contribution is -2.54. The largest absolute Gasteiger partial charge is 0.496 e. The number of methoxy groups -OCH3 is 1. The summed E-state index contributed by atoms with van der Waals surface area (Å²) < 4.78 is 11.6. The summed E-state index contributed by atoms with van der Waals surface area (Å²) in [6.45, 7) is 2.85. The molecule has 0 unspecified atom stereocenters. The number of imide groups is 2. The Balaban J connectivity index is 1.68. The lowest BCUT2D eigenvalue weighted by atomic mass is 10.1. The number of hydrogen-bond acceptors (Lipinski definition) is 6. The zero-order valence-electron chi connectivity index (χ0n) is 16.8. The van der Waals surface area contributed by atoms with Crippen molar-refractivity contribution in [1.29, 1.82) is 0 Å². The fraction of sp³-hybridized carbons (Fsp3) is 0.227. The molecule has 0 atom stereocenters. The van der Waals surface area contributed by atoms with E-state index in [2.05, 4.69) is 26.1 Å². The van der Waals surface area contributed by atoms with E-state index in [4.69, 9.17) is 9.47 Å². The molecule has 0 spiro atoms. The molecule has 2 heterocycles. The second kappa shape index (κ2) is 8.91. The van der Waals surface area contributed by atoms with Crippen molar-refractivity contribution in [2.75, 3.05) is 43.2 Å². The van der Waals surface area contributed by atoms with Crippen molar-refractivity contribution in [3.05, 3.63) is 58.1 Å². The summed E-state index contributed by atoms with van der Waals surface area (Å²) >= 11 is 3.33. The lowest BCUT2D eigenvalue weighted by molar-refractivity contribution is -0.122. The van der Waals surface area contributed by atoms with Gasteiger partial charge in [-0.2, -0.15) is 0 Å². The second-order valence-electron chi connectivity index (χ2n) is 6.96. The molecular formula is C22H20BrN3O5. The van der Waals surface area contributed by atoms with Gasteiger partial charge in [0, 0.05) is 34.9 Å². The van der Waals surface area contributed by atoms with Gasteiger partial charge >= 0.3 is 6.03 Å². The molecule has 0 radical (unpaired) electrons.